The topological polar surface area (TPSA) is 52.6 Å². The van der Waals surface area contributed by atoms with E-state index in [0.717, 1.165) is 24.1 Å². The first-order valence-corrected chi connectivity index (χ1v) is 8.09. The Labute approximate surface area is 136 Å². The Kier molecular flexibility index (Phi) is 4.93. The van der Waals surface area contributed by atoms with Crippen LogP contribution in [0.25, 0.3) is 0 Å². The Morgan fingerprint density at radius 1 is 1.09 bits per heavy atom. The summed E-state index contributed by atoms with van der Waals surface area (Å²) in [5.41, 5.74) is 4.59. The smallest absolute Gasteiger partial charge is 0.322 e. The molecule has 0 radical (unpaired) electrons. The van der Waals surface area contributed by atoms with Crippen molar-refractivity contribution in [3.8, 4) is 0 Å². The molecule has 0 aliphatic heterocycles. The summed E-state index contributed by atoms with van der Waals surface area (Å²) in [6, 6.07) is 15.8. The lowest BCUT2D eigenvalue weighted by Crippen LogP contribution is -2.36. The summed E-state index contributed by atoms with van der Waals surface area (Å²) in [5, 5.41) is 12.2. The Balaban J connectivity index is 1.68. The molecule has 2 amide bonds. The number of aliphatic hydroxyl groups excluding tert-OH is 1. The van der Waals surface area contributed by atoms with Gasteiger partial charge in [0.2, 0.25) is 0 Å². The van der Waals surface area contributed by atoms with Crippen molar-refractivity contribution in [2.24, 2.45) is 0 Å². The van der Waals surface area contributed by atoms with Gasteiger partial charge < -0.3 is 15.3 Å². The summed E-state index contributed by atoms with van der Waals surface area (Å²) in [6.45, 7) is 0.744. The molecule has 0 unspecified atom stereocenters. The van der Waals surface area contributed by atoms with E-state index in [1.54, 1.807) is 4.90 Å². The van der Waals surface area contributed by atoms with Crippen LogP contribution in [0.4, 0.5) is 10.5 Å². The molecule has 0 atom stereocenters. The van der Waals surface area contributed by atoms with Crippen molar-refractivity contribution in [1.29, 1.82) is 0 Å². The van der Waals surface area contributed by atoms with Gasteiger partial charge in [-0.25, -0.2) is 4.79 Å². The van der Waals surface area contributed by atoms with Crippen molar-refractivity contribution in [3.05, 3.63) is 65.2 Å². The number of anilines is 1. The molecule has 1 aliphatic rings. The van der Waals surface area contributed by atoms with E-state index in [1.165, 1.54) is 17.5 Å². The molecule has 3 rings (SSSR count). The first-order valence-electron chi connectivity index (χ1n) is 8.09. The molecule has 0 saturated heterocycles. The monoisotopic (exact) mass is 310 g/mol. The molecule has 4 nitrogen and oxygen atoms in total. The Bertz CT molecular complexity index is 670. The summed E-state index contributed by atoms with van der Waals surface area (Å²) in [6.07, 6.45) is 3.41. The van der Waals surface area contributed by atoms with Gasteiger partial charge in [0.05, 0.1) is 6.61 Å². The van der Waals surface area contributed by atoms with Crippen LogP contribution in [0.15, 0.2) is 48.5 Å². The number of nitrogens with zero attached hydrogens (tertiary/aromatic N) is 1. The third-order valence-corrected chi connectivity index (χ3v) is 4.22. The maximum atomic E-state index is 12.5. The van der Waals surface area contributed by atoms with E-state index in [4.69, 9.17) is 0 Å². The number of benzene rings is 2. The molecule has 4 heteroatoms. The van der Waals surface area contributed by atoms with Crippen LogP contribution in [0, 0.1) is 0 Å². The molecule has 23 heavy (non-hydrogen) atoms. The number of carbonyl (C=O) groups excluding carboxylic acids is 1. The normalized spacial score (nSPS) is 12.7. The van der Waals surface area contributed by atoms with Gasteiger partial charge in [-0.2, -0.15) is 0 Å². The lowest BCUT2D eigenvalue weighted by molar-refractivity contribution is 0.185. The summed E-state index contributed by atoms with van der Waals surface area (Å²) in [5.74, 6) is 0. The molecule has 2 N–H and O–H groups in total. The molecule has 0 aromatic heterocycles. The quantitative estimate of drug-likeness (QED) is 0.891. The van der Waals surface area contributed by atoms with Gasteiger partial charge in [-0.05, 0) is 48.1 Å². The number of aliphatic hydroxyl groups is 1. The largest absolute Gasteiger partial charge is 0.395 e. The minimum Gasteiger partial charge on any atom is -0.395 e. The number of nitrogens with one attached hydrogen (secondary N) is 1. The van der Waals surface area contributed by atoms with Crippen molar-refractivity contribution in [2.45, 2.75) is 25.8 Å². The first kappa shape index (κ1) is 15.6. The fraction of sp³-hybridized carbons (Fsp3) is 0.316. The number of carbonyl (C=O) groups is 1. The van der Waals surface area contributed by atoms with E-state index in [9.17, 15) is 9.90 Å². The van der Waals surface area contributed by atoms with Gasteiger partial charge in [-0.15, -0.1) is 0 Å². The highest BCUT2D eigenvalue weighted by Gasteiger charge is 2.16. The standard InChI is InChI=1S/C19H22N2O2/c22-12-11-21(14-15-5-2-1-3-6-15)19(23)20-18-10-9-16-7-4-8-17(16)13-18/h1-3,5-6,9-10,13,22H,4,7-8,11-12,14H2,(H,20,23). The molecule has 2 aromatic carbocycles. The molecule has 0 bridgehead atoms. The first-order chi connectivity index (χ1) is 11.3. The van der Waals surface area contributed by atoms with Gasteiger partial charge in [-0.3, -0.25) is 0 Å². The lowest BCUT2D eigenvalue weighted by Gasteiger charge is -2.22. The SMILES string of the molecule is O=C(Nc1ccc2c(c1)CCC2)N(CCO)Cc1ccccc1. The number of fused-ring (bicyclic) bond motifs is 1. The van der Waals surface area contributed by atoms with E-state index in [-0.39, 0.29) is 12.6 Å². The molecule has 0 spiro atoms. The van der Waals surface area contributed by atoms with E-state index in [1.807, 2.05) is 36.4 Å². The molecule has 0 heterocycles. The van der Waals surface area contributed by atoms with Crippen molar-refractivity contribution >= 4 is 11.7 Å². The summed E-state index contributed by atoms with van der Waals surface area (Å²) < 4.78 is 0. The highest BCUT2D eigenvalue weighted by Crippen LogP contribution is 2.25. The average Bonchev–Trinajstić information content (AvgIpc) is 3.03. The second-order valence-electron chi connectivity index (χ2n) is 5.90. The van der Waals surface area contributed by atoms with Crippen LogP contribution in [-0.4, -0.2) is 29.2 Å². The van der Waals surface area contributed by atoms with Gasteiger partial charge in [0.15, 0.2) is 0 Å². The van der Waals surface area contributed by atoms with E-state index in [2.05, 4.69) is 17.4 Å². The van der Waals surface area contributed by atoms with Gasteiger partial charge >= 0.3 is 6.03 Å². The van der Waals surface area contributed by atoms with Crippen molar-refractivity contribution in [1.82, 2.24) is 4.90 Å². The summed E-state index contributed by atoms with van der Waals surface area (Å²) in [4.78, 5) is 14.1. The fourth-order valence-corrected chi connectivity index (χ4v) is 3.03. The van der Waals surface area contributed by atoms with E-state index in [0.29, 0.717) is 13.1 Å². The third kappa shape index (κ3) is 3.90. The molecule has 2 aromatic rings. The molecule has 0 fully saturated rings. The highest BCUT2D eigenvalue weighted by molar-refractivity contribution is 5.89. The van der Waals surface area contributed by atoms with Crippen LogP contribution < -0.4 is 5.32 Å². The van der Waals surface area contributed by atoms with Crippen molar-refractivity contribution < 1.29 is 9.90 Å². The number of urea groups is 1. The molecular formula is C19H22N2O2. The van der Waals surface area contributed by atoms with Crippen LogP contribution in [0.2, 0.25) is 0 Å². The number of hydrogen-bond acceptors (Lipinski definition) is 2. The number of aryl methyl sites for hydroxylation is 2. The van der Waals surface area contributed by atoms with Crippen LogP contribution in [0.3, 0.4) is 0 Å². The van der Waals surface area contributed by atoms with Gasteiger partial charge in [-0.1, -0.05) is 36.4 Å². The van der Waals surface area contributed by atoms with Gasteiger partial charge in [0, 0.05) is 18.8 Å². The van der Waals surface area contributed by atoms with Crippen molar-refractivity contribution in [2.75, 3.05) is 18.5 Å². The Morgan fingerprint density at radius 2 is 1.87 bits per heavy atom. The van der Waals surface area contributed by atoms with E-state index >= 15 is 0 Å². The second-order valence-corrected chi connectivity index (χ2v) is 5.90. The lowest BCUT2D eigenvalue weighted by atomic mass is 10.1. The van der Waals surface area contributed by atoms with Crippen molar-refractivity contribution in [3.63, 3.8) is 0 Å². The predicted molar refractivity (Wildman–Crippen MR) is 91.4 cm³/mol. The average molecular weight is 310 g/mol. The molecule has 1 aliphatic carbocycles. The maximum Gasteiger partial charge on any atom is 0.322 e. The van der Waals surface area contributed by atoms with E-state index < -0.39 is 0 Å². The van der Waals surface area contributed by atoms with Crippen LogP contribution in [-0.2, 0) is 19.4 Å². The van der Waals surface area contributed by atoms with Gasteiger partial charge in [0.25, 0.3) is 0 Å². The minimum atomic E-state index is -0.180. The number of hydrogen-bond donors (Lipinski definition) is 2. The minimum absolute atomic E-state index is 0.0511. The maximum absolute atomic E-state index is 12.5. The number of amides is 2. The van der Waals surface area contributed by atoms with Crippen LogP contribution >= 0.6 is 0 Å². The fourth-order valence-electron chi connectivity index (χ4n) is 3.03. The predicted octanol–water partition coefficient (Wildman–Crippen LogP) is 3.20. The summed E-state index contributed by atoms with van der Waals surface area (Å²) in [7, 11) is 0. The zero-order valence-corrected chi connectivity index (χ0v) is 13.2. The Morgan fingerprint density at radius 3 is 2.65 bits per heavy atom. The third-order valence-electron chi connectivity index (χ3n) is 4.22. The Hall–Kier alpha value is -2.33. The van der Waals surface area contributed by atoms with Crippen LogP contribution in [0.1, 0.15) is 23.1 Å². The second kappa shape index (κ2) is 7.29. The van der Waals surface area contributed by atoms with Crippen LogP contribution in [0.5, 0.6) is 0 Å². The van der Waals surface area contributed by atoms with Gasteiger partial charge in [0.1, 0.15) is 0 Å². The molecule has 120 valence electrons. The zero-order valence-electron chi connectivity index (χ0n) is 13.2. The highest BCUT2D eigenvalue weighted by atomic mass is 16.3. The zero-order chi connectivity index (χ0) is 16.1. The molecule has 0 saturated carbocycles. The summed E-state index contributed by atoms with van der Waals surface area (Å²) >= 11 is 0. The molecular weight excluding hydrogens is 288 g/mol. The number of rotatable bonds is 5.